The number of hydrogen-bond donors (Lipinski definition) is 0. The standard InChI is InChI=1S/C25H21BrN2O5/c26-20-7-2-1-4-16(20)25(31)33-15-12-28-23(29)18-6-3-5-17-21(27-10-13-32-14-11-27)9-8-19(22(17)18)24(28)30/h1-9H,10-15H2. The molecule has 3 aromatic carbocycles. The Morgan fingerprint density at radius 2 is 1.67 bits per heavy atom. The molecule has 1 fully saturated rings. The largest absolute Gasteiger partial charge is 0.460 e. The van der Waals surface area contributed by atoms with Gasteiger partial charge in [0.15, 0.2) is 0 Å². The topological polar surface area (TPSA) is 76.2 Å². The molecule has 2 aliphatic rings. The highest BCUT2D eigenvalue weighted by Crippen LogP contribution is 2.36. The first kappa shape index (κ1) is 21.6. The van der Waals surface area contributed by atoms with Crippen LogP contribution in [-0.4, -0.2) is 62.1 Å². The summed E-state index contributed by atoms with van der Waals surface area (Å²) in [6, 6.07) is 16.2. The van der Waals surface area contributed by atoms with E-state index in [0.29, 0.717) is 39.8 Å². The van der Waals surface area contributed by atoms with Crippen molar-refractivity contribution >= 4 is 50.2 Å². The molecular weight excluding hydrogens is 488 g/mol. The van der Waals surface area contributed by atoms with Crippen LogP contribution in [0.15, 0.2) is 59.1 Å². The average molecular weight is 509 g/mol. The lowest BCUT2D eigenvalue weighted by atomic mass is 9.92. The number of benzene rings is 3. The van der Waals surface area contributed by atoms with Crippen molar-refractivity contribution in [3.8, 4) is 0 Å². The number of anilines is 1. The van der Waals surface area contributed by atoms with E-state index in [9.17, 15) is 14.4 Å². The number of morpholine rings is 1. The second-order valence-corrected chi connectivity index (χ2v) is 8.69. The molecule has 0 unspecified atom stereocenters. The summed E-state index contributed by atoms with van der Waals surface area (Å²) in [6.07, 6.45) is 0. The van der Waals surface area contributed by atoms with Crippen molar-refractivity contribution in [2.24, 2.45) is 0 Å². The zero-order valence-corrected chi connectivity index (χ0v) is 19.3. The van der Waals surface area contributed by atoms with Crippen molar-refractivity contribution < 1.29 is 23.9 Å². The molecule has 33 heavy (non-hydrogen) atoms. The second-order valence-electron chi connectivity index (χ2n) is 7.84. The average Bonchev–Trinajstić information content (AvgIpc) is 2.85. The molecule has 168 valence electrons. The summed E-state index contributed by atoms with van der Waals surface area (Å²) in [5.74, 6) is -1.28. The SMILES string of the molecule is O=C(OCCN1C(=O)c2cccc3c(N4CCOCC4)ccc(c23)C1=O)c1ccccc1Br. The molecule has 7 nitrogen and oxygen atoms in total. The van der Waals surface area contributed by atoms with E-state index in [0.717, 1.165) is 29.1 Å². The van der Waals surface area contributed by atoms with Crippen molar-refractivity contribution in [1.82, 2.24) is 4.90 Å². The molecule has 0 bridgehead atoms. The van der Waals surface area contributed by atoms with E-state index in [1.807, 2.05) is 18.2 Å². The number of carbonyl (C=O) groups excluding carboxylic acids is 3. The number of esters is 1. The maximum absolute atomic E-state index is 13.2. The van der Waals surface area contributed by atoms with Crippen molar-refractivity contribution in [3.63, 3.8) is 0 Å². The van der Waals surface area contributed by atoms with Crippen LogP contribution in [0.25, 0.3) is 10.8 Å². The van der Waals surface area contributed by atoms with E-state index in [1.165, 1.54) is 0 Å². The number of ether oxygens (including phenoxy) is 2. The molecule has 0 atom stereocenters. The van der Waals surface area contributed by atoms with Crippen molar-refractivity contribution in [1.29, 1.82) is 0 Å². The quantitative estimate of drug-likeness (QED) is 0.384. The summed E-state index contributed by atoms with van der Waals surface area (Å²) in [5.41, 5.74) is 2.35. The number of amides is 2. The van der Waals surface area contributed by atoms with Crippen molar-refractivity contribution in [2.75, 3.05) is 44.4 Å². The van der Waals surface area contributed by atoms with Gasteiger partial charge in [0.2, 0.25) is 0 Å². The van der Waals surface area contributed by atoms with Gasteiger partial charge in [0.1, 0.15) is 6.61 Å². The van der Waals surface area contributed by atoms with Crippen LogP contribution in [0.2, 0.25) is 0 Å². The van der Waals surface area contributed by atoms with Crippen LogP contribution in [0.5, 0.6) is 0 Å². The Balaban J connectivity index is 1.38. The fraction of sp³-hybridized carbons (Fsp3) is 0.240. The molecule has 0 spiro atoms. The molecule has 2 aliphatic heterocycles. The third kappa shape index (κ3) is 3.89. The van der Waals surface area contributed by atoms with Gasteiger partial charge in [-0.1, -0.05) is 24.3 Å². The van der Waals surface area contributed by atoms with E-state index in [4.69, 9.17) is 9.47 Å². The first-order valence-corrected chi connectivity index (χ1v) is 11.5. The molecule has 2 heterocycles. The van der Waals surface area contributed by atoms with Crippen LogP contribution in [0, 0.1) is 0 Å². The predicted octanol–water partition coefficient (Wildman–Crippen LogP) is 3.89. The van der Waals surface area contributed by atoms with Gasteiger partial charge in [-0.15, -0.1) is 0 Å². The monoisotopic (exact) mass is 508 g/mol. The molecule has 0 saturated carbocycles. The summed E-state index contributed by atoms with van der Waals surface area (Å²) in [6.45, 7) is 2.70. The van der Waals surface area contributed by atoms with E-state index < -0.39 is 5.97 Å². The van der Waals surface area contributed by atoms with E-state index in [1.54, 1.807) is 36.4 Å². The van der Waals surface area contributed by atoms with Crippen LogP contribution < -0.4 is 4.90 Å². The Kier molecular flexibility index (Phi) is 5.86. The Bertz CT molecular complexity index is 1250. The Morgan fingerprint density at radius 1 is 0.939 bits per heavy atom. The molecule has 5 rings (SSSR count). The van der Waals surface area contributed by atoms with Gasteiger partial charge in [0, 0.05) is 45.1 Å². The van der Waals surface area contributed by atoms with Gasteiger partial charge in [0.25, 0.3) is 11.8 Å². The molecule has 0 aliphatic carbocycles. The lowest BCUT2D eigenvalue weighted by Crippen LogP contribution is -2.42. The molecule has 8 heteroatoms. The minimum atomic E-state index is -0.517. The van der Waals surface area contributed by atoms with Crippen LogP contribution in [-0.2, 0) is 9.47 Å². The normalized spacial score (nSPS) is 15.8. The Morgan fingerprint density at radius 3 is 2.42 bits per heavy atom. The molecule has 3 aromatic rings. The Hall–Kier alpha value is -3.23. The number of nitrogens with zero attached hydrogens (tertiary/aromatic N) is 2. The summed E-state index contributed by atoms with van der Waals surface area (Å²) in [7, 11) is 0. The van der Waals surface area contributed by atoms with Crippen LogP contribution >= 0.6 is 15.9 Å². The first-order valence-electron chi connectivity index (χ1n) is 10.7. The highest BCUT2D eigenvalue weighted by molar-refractivity contribution is 9.10. The molecule has 1 saturated heterocycles. The van der Waals surface area contributed by atoms with Gasteiger partial charge in [-0.25, -0.2) is 4.79 Å². The maximum atomic E-state index is 13.2. The van der Waals surface area contributed by atoms with Crippen LogP contribution in [0.3, 0.4) is 0 Å². The molecule has 0 aromatic heterocycles. The van der Waals surface area contributed by atoms with Gasteiger partial charge < -0.3 is 14.4 Å². The third-order valence-electron chi connectivity index (χ3n) is 5.96. The fourth-order valence-electron chi connectivity index (χ4n) is 4.35. The number of imide groups is 1. The molecule has 2 amide bonds. The summed E-state index contributed by atoms with van der Waals surface area (Å²) >= 11 is 3.32. The lowest BCUT2D eigenvalue weighted by molar-refractivity contribution is 0.0404. The number of halogens is 1. The maximum Gasteiger partial charge on any atom is 0.339 e. The minimum Gasteiger partial charge on any atom is -0.460 e. The van der Waals surface area contributed by atoms with E-state index >= 15 is 0 Å². The smallest absolute Gasteiger partial charge is 0.339 e. The van der Waals surface area contributed by atoms with E-state index in [2.05, 4.69) is 20.8 Å². The predicted molar refractivity (Wildman–Crippen MR) is 127 cm³/mol. The first-order chi connectivity index (χ1) is 16.1. The number of carbonyl (C=O) groups is 3. The zero-order chi connectivity index (χ0) is 22.9. The van der Waals surface area contributed by atoms with Gasteiger partial charge >= 0.3 is 5.97 Å². The Labute approximate surface area is 199 Å². The lowest BCUT2D eigenvalue weighted by Gasteiger charge is -2.32. The third-order valence-corrected chi connectivity index (χ3v) is 6.65. The molecule has 0 N–H and O–H groups in total. The van der Waals surface area contributed by atoms with Crippen molar-refractivity contribution in [2.45, 2.75) is 0 Å². The van der Waals surface area contributed by atoms with Gasteiger partial charge in [-0.05, 0) is 46.3 Å². The fourth-order valence-corrected chi connectivity index (χ4v) is 4.79. The van der Waals surface area contributed by atoms with Gasteiger partial charge in [-0.3, -0.25) is 14.5 Å². The van der Waals surface area contributed by atoms with Crippen LogP contribution in [0.4, 0.5) is 5.69 Å². The van der Waals surface area contributed by atoms with Crippen LogP contribution in [0.1, 0.15) is 31.1 Å². The van der Waals surface area contributed by atoms with Gasteiger partial charge in [0.05, 0.1) is 25.3 Å². The van der Waals surface area contributed by atoms with Gasteiger partial charge in [-0.2, -0.15) is 0 Å². The van der Waals surface area contributed by atoms with E-state index in [-0.39, 0.29) is 25.0 Å². The molecular formula is C25H21BrN2O5. The highest BCUT2D eigenvalue weighted by atomic mass is 79.9. The summed E-state index contributed by atoms with van der Waals surface area (Å²) < 4.78 is 11.4. The number of rotatable bonds is 5. The highest BCUT2D eigenvalue weighted by Gasteiger charge is 2.34. The molecule has 0 radical (unpaired) electrons. The summed E-state index contributed by atoms with van der Waals surface area (Å²) in [4.78, 5) is 42.2. The summed E-state index contributed by atoms with van der Waals surface area (Å²) in [5, 5.41) is 1.56. The van der Waals surface area contributed by atoms with Crippen molar-refractivity contribution in [3.05, 3.63) is 75.8 Å². The second kappa shape index (κ2) is 8.96. The number of hydrogen-bond acceptors (Lipinski definition) is 6. The zero-order valence-electron chi connectivity index (χ0n) is 17.8. The minimum absolute atomic E-state index is 0.0189.